The highest BCUT2D eigenvalue weighted by Gasteiger charge is 2.69. The van der Waals surface area contributed by atoms with Gasteiger partial charge in [0.15, 0.2) is 6.61 Å². The van der Waals surface area contributed by atoms with E-state index in [2.05, 4.69) is 10.3 Å². The van der Waals surface area contributed by atoms with E-state index < -0.39 is 17.8 Å². The quantitative estimate of drug-likeness (QED) is 0.131. The van der Waals surface area contributed by atoms with Crippen molar-refractivity contribution in [1.82, 2.24) is 4.98 Å². The molecule has 2 aliphatic heterocycles. The van der Waals surface area contributed by atoms with Crippen LogP contribution in [0.5, 0.6) is 11.5 Å². The highest BCUT2D eigenvalue weighted by Crippen LogP contribution is 2.69. The third-order valence-corrected chi connectivity index (χ3v) is 12.7. The molecule has 3 aromatic carbocycles. The molecule has 2 aliphatic carbocycles. The van der Waals surface area contributed by atoms with E-state index in [1.165, 1.54) is 17.0 Å². The average molecular weight is 698 g/mol. The van der Waals surface area contributed by atoms with Gasteiger partial charge in [0.2, 0.25) is 11.8 Å². The highest BCUT2D eigenvalue weighted by molar-refractivity contribution is 8.00. The Labute approximate surface area is 288 Å². The number of hydrogen-bond acceptors (Lipinski definition) is 10. The maximum atomic E-state index is 14.2. The van der Waals surface area contributed by atoms with Crippen LogP contribution in [0.3, 0.4) is 0 Å². The maximum Gasteiger partial charge on any atom is 0.338 e. The van der Waals surface area contributed by atoms with E-state index in [0.717, 1.165) is 33.2 Å². The molecule has 250 valence electrons. The summed E-state index contributed by atoms with van der Waals surface area (Å²) in [5, 5.41) is 13.1. The molecule has 3 N–H and O–H groups in total. The van der Waals surface area contributed by atoms with E-state index in [0.29, 0.717) is 22.7 Å². The number of nitrogens with one attached hydrogen (secondary N) is 2. The number of phenols is 1. The smallest absolute Gasteiger partial charge is 0.338 e. The molecule has 2 saturated carbocycles. The Morgan fingerprint density at radius 3 is 2.41 bits per heavy atom. The first-order valence-corrected chi connectivity index (χ1v) is 17.8. The molecule has 4 unspecified atom stereocenters. The number of aromatic amines is 1. The fourth-order valence-corrected chi connectivity index (χ4v) is 11.2. The second-order valence-corrected chi connectivity index (χ2v) is 14.9. The predicted molar refractivity (Wildman–Crippen MR) is 182 cm³/mol. The van der Waals surface area contributed by atoms with Gasteiger partial charge in [-0.3, -0.25) is 24.1 Å². The van der Waals surface area contributed by atoms with Crippen LogP contribution in [0, 0.1) is 29.6 Å². The second kappa shape index (κ2) is 12.2. The first kappa shape index (κ1) is 31.4. The molecule has 3 fully saturated rings. The maximum absolute atomic E-state index is 14.2. The fourth-order valence-electron chi connectivity index (χ4n) is 8.33. The van der Waals surface area contributed by atoms with E-state index in [4.69, 9.17) is 9.47 Å². The predicted octanol–water partition coefficient (Wildman–Crippen LogP) is 5.01. The Morgan fingerprint density at radius 2 is 1.67 bits per heavy atom. The number of hydrogen-bond donors (Lipinski definition) is 3. The third kappa shape index (κ3) is 5.23. The number of ether oxygens (including phenoxy) is 2. The summed E-state index contributed by atoms with van der Waals surface area (Å²) < 4.78 is 11.2. The molecular formula is C36H31N3O8S2. The van der Waals surface area contributed by atoms with Crippen molar-refractivity contribution < 1.29 is 33.8 Å². The van der Waals surface area contributed by atoms with Gasteiger partial charge in [0.1, 0.15) is 11.5 Å². The molecule has 0 spiro atoms. The number of thiazole rings is 1. The lowest BCUT2D eigenvalue weighted by atomic mass is 9.68. The second-order valence-electron chi connectivity index (χ2n) is 12.7. The number of aromatic hydroxyl groups is 1. The number of rotatable bonds is 8. The summed E-state index contributed by atoms with van der Waals surface area (Å²) in [5.74, 6) is -2.25. The molecule has 7 atom stereocenters. The molecule has 1 saturated heterocycles. The summed E-state index contributed by atoms with van der Waals surface area (Å²) in [6.45, 7) is 1.70. The molecule has 13 heteroatoms. The van der Waals surface area contributed by atoms with Crippen LogP contribution in [-0.2, 0) is 19.1 Å². The largest absolute Gasteiger partial charge is 0.508 e. The van der Waals surface area contributed by atoms with Crippen molar-refractivity contribution in [3.8, 4) is 11.5 Å². The van der Waals surface area contributed by atoms with Crippen molar-refractivity contribution >= 4 is 58.2 Å². The van der Waals surface area contributed by atoms with Crippen molar-refractivity contribution in [2.45, 2.75) is 29.5 Å². The van der Waals surface area contributed by atoms with E-state index in [9.17, 15) is 29.1 Å². The van der Waals surface area contributed by atoms with Gasteiger partial charge in [-0.2, -0.15) is 0 Å². The van der Waals surface area contributed by atoms with Gasteiger partial charge in [-0.15, -0.1) is 11.8 Å². The first-order valence-electron chi connectivity index (χ1n) is 16.1. The zero-order chi connectivity index (χ0) is 34.0. The molecule has 4 aromatic rings. The van der Waals surface area contributed by atoms with Gasteiger partial charge in [0.25, 0.3) is 5.91 Å². The number of thioether (sulfide) groups is 1. The van der Waals surface area contributed by atoms with Crippen LogP contribution in [0.25, 0.3) is 0 Å². The zero-order valence-electron chi connectivity index (χ0n) is 26.2. The number of para-hydroxylation sites is 1. The lowest BCUT2D eigenvalue weighted by Gasteiger charge is -2.43. The Morgan fingerprint density at radius 1 is 0.959 bits per heavy atom. The van der Waals surface area contributed by atoms with Crippen LogP contribution < -0.4 is 19.8 Å². The molecular weight excluding hydrogens is 667 g/mol. The molecule has 11 nitrogen and oxygen atoms in total. The van der Waals surface area contributed by atoms with E-state index in [-0.39, 0.29) is 70.5 Å². The van der Waals surface area contributed by atoms with Crippen LogP contribution in [0.4, 0.5) is 11.4 Å². The van der Waals surface area contributed by atoms with Crippen LogP contribution in [0.1, 0.15) is 40.1 Å². The van der Waals surface area contributed by atoms with Gasteiger partial charge in [-0.25, -0.2) is 4.79 Å². The number of H-pyrrole nitrogens is 1. The highest BCUT2D eigenvalue weighted by atomic mass is 32.2. The molecule has 3 amide bonds. The van der Waals surface area contributed by atoms with Gasteiger partial charge in [0, 0.05) is 27.3 Å². The molecule has 8 rings (SSSR count). The summed E-state index contributed by atoms with van der Waals surface area (Å²) in [7, 11) is 0. The normalized spacial score (nSPS) is 26.2. The van der Waals surface area contributed by atoms with Gasteiger partial charge >= 0.3 is 10.8 Å². The summed E-state index contributed by atoms with van der Waals surface area (Å²) in [6.07, 6.45) is 0.721. The summed E-state index contributed by atoms with van der Waals surface area (Å²) in [4.78, 5) is 70.9. The summed E-state index contributed by atoms with van der Waals surface area (Å²) in [6, 6.07) is 20.0. The van der Waals surface area contributed by atoms with Crippen LogP contribution in [0.15, 0.2) is 82.6 Å². The van der Waals surface area contributed by atoms with Crippen LogP contribution in [0.2, 0.25) is 0 Å². The van der Waals surface area contributed by atoms with E-state index >= 15 is 0 Å². The van der Waals surface area contributed by atoms with Gasteiger partial charge in [0.05, 0.1) is 34.7 Å². The van der Waals surface area contributed by atoms with E-state index in [1.54, 1.807) is 61.2 Å². The fraction of sp³-hybridized carbons (Fsp3) is 0.306. The topological polar surface area (TPSA) is 155 Å². The minimum absolute atomic E-state index is 0.0252. The molecule has 2 bridgehead atoms. The van der Waals surface area contributed by atoms with Gasteiger partial charge in [-0.05, 0) is 85.7 Å². The van der Waals surface area contributed by atoms with Gasteiger partial charge < -0.3 is 24.9 Å². The number of aromatic nitrogens is 1. The minimum atomic E-state index is -0.507. The van der Waals surface area contributed by atoms with Crippen molar-refractivity contribution in [2.24, 2.45) is 29.6 Å². The van der Waals surface area contributed by atoms with Gasteiger partial charge in [-0.1, -0.05) is 29.5 Å². The molecule has 0 radical (unpaired) electrons. The first-order chi connectivity index (χ1) is 23.7. The SMILES string of the molecule is CCOC(=O)c1ccc(N2C(=O)C3C(C2=O)[C@@H]2C[C@H]3C3Sc4[nH]c(=O)sc4[C@H](c4ccccc4OCC(=O)Nc4ccc(O)cc4)C32)cc1. The number of amides is 3. The minimum Gasteiger partial charge on any atom is -0.508 e. The standard InChI is InChI=1S/C36H31N3O8S2/c1-2-46-35(44)17-7-11-19(12-8-17)39-33(42)28-22-15-23(29(28)34(39)43)30-27(22)26(31-32(48-30)38-36(45)49-31)21-5-3-4-6-24(21)47-16-25(41)37-18-9-13-20(40)14-10-18/h3-14,22-23,26-30,40H,2,15-16H2,1H3,(H,37,41)(H,38,45)/t22-,23-,26-,27?,28?,29?,30?/m1/s1. The van der Waals surface area contributed by atoms with E-state index in [1.807, 2.05) is 18.2 Å². The molecule has 49 heavy (non-hydrogen) atoms. The Balaban J connectivity index is 1.09. The van der Waals surface area contributed by atoms with Crippen molar-refractivity contribution in [1.29, 1.82) is 0 Å². The number of benzene rings is 3. The average Bonchev–Trinajstić information content (AvgIpc) is 3.84. The lowest BCUT2D eigenvalue weighted by Crippen LogP contribution is -2.42. The number of nitrogens with zero attached hydrogens (tertiary/aromatic N) is 1. The zero-order valence-corrected chi connectivity index (χ0v) is 27.8. The number of esters is 1. The van der Waals surface area contributed by atoms with Crippen molar-refractivity contribution in [2.75, 3.05) is 23.4 Å². The Hall–Kier alpha value is -4.88. The number of anilines is 2. The summed E-state index contributed by atoms with van der Waals surface area (Å²) >= 11 is 2.74. The van der Waals surface area contributed by atoms with Crippen LogP contribution in [-0.4, -0.2) is 52.2 Å². The number of fused-ring (bicyclic) bond motifs is 9. The molecule has 3 heterocycles. The number of imide groups is 1. The summed E-state index contributed by atoms with van der Waals surface area (Å²) in [5.41, 5.74) is 2.11. The van der Waals surface area contributed by atoms with Crippen molar-refractivity contribution in [3.05, 3.63) is 98.5 Å². The molecule has 1 aromatic heterocycles. The number of carbonyl (C=O) groups excluding carboxylic acids is 4. The number of phenolic OH excluding ortho intramolecular Hbond substituents is 1. The third-order valence-electron chi connectivity index (χ3n) is 10.1. The molecule has 4 aliphatic rings. The monoisotopic (exact) mass is 697 g/mol. The van der Waals surface area contributed by atoms with Crippen LogP contribution >= 0.6 is 23.1 Å². The number of carbonyl (C=O) groups is 4. The lowest BCUT2D eigenvalue weighted by molar-refractivity contribution is -0.123. The Kier molecular flexibility index (Phi) is 7.83. The van der Waals surface area contributed by atoms with Crippen molar-refractivity contribution in [3.63, 3.8) is 0 Å². The Bertz CT molecular complexity index is 2040.